The monoisotopic (exact) mass is 1020 g/mol. The minimum absolute atomic E-state index is 0.137. The lowest BCUT2D eigenvalue weighted by Gasteiger charge is -2.34. The minimum Gasteiger partial charge on any atom is -0.497 e. The molecular formula is C52H73N7O14. The first kappa shape index (κ1) is 60.2. The number of allylic oxidation sites excluding steroid dienone is 3. The lowest BCUT2D eigenvalue weighted by atomic mass is 9.93. The van der Waals surface area contributed by atoms with Crippen LogP contribution < -0.4 is 36.6 Å². The predicted octanol–water partition coefficient (Wildman–Crippen LogP) is 1.07. The Kier molecular flexibility index (Phi) is 23.7. The largest absolute Gasteiger partial charge is 0.497 e. The highest BCUT2D eigenvalue weighted by Gasteiger charge is 2.41. The van der Waals surface area contributed by atoms with E-state index in [1.807, 2.05) is 0 Å². The number of carbonyl (C=O) groups excluding carboxylic acids is 9. The van der Waals surface area contributed by atoms with Crippen molar-refractivity contribution < 1.29 is 67.6 Å². The van der Waals surface area contributed by atoms with Crippen LogP contribution in [-0.2, 0) is 59.0 Å². The Balaban J connectivity index is 2.26. The number of aliphatic hydroxyl groups is 2. The van der Waals surface area contributed by atoms with Crippen molar-refractivity contribution >= 4 is 53.3 Å². The van der Waals surface area contributed by atoms with Crippen LogP contribution in [0.4, 0.5) is 0 Å². The number of ether oxygens (including phenoxy) is 3. The van der Waals surface area contributed by atoms with Gasteiger partial charge in [-0.3, -0.25) is 38.4 Å². The standard InChI is InChI=1S/C52H73N7O14/c1-12-29(5)19-24-39(61)53-26-40(62)72-27-37-52(70)73-33(9)43(57-46(64)31(7)45(63)28(3)4)50(68)55-41(30(6)13-2)48(66)58-44(35-20-22-36(71-11)23-21-35)51(69)59(10)38(25-34-17-15-14-16-18-34)47(65)56-42(32(8)60)49(67)54-37/h12,14-24,28,30-33,37-38,41-45,60,63H,13,25-27H2,1-11H3,(H,53,61)(H,54,67)(H,55,68)(H,56,65)(H,57,64)(H,58,66)/b24-19+,29-12+/t30-,31+,32+,33?,37?,38-,41+,42+,43?,44?,45+/m0/s1. The predicted molar refractivity (Wildman–Crippen MR) is 268 cm³/mol. The summed E-state index contributed by atoms with van der Waals surface area (Å²) in [5.74, 6) is -10.4. The van der Waals surface area contributed by atoms with Crippen LogP contribution in [0.5, 0.6) is 5.75 Å². The topological polar surface area (TPSA) is 297 Å². The summed E-state index contributed by atoms with van der Waals surface area (Å²) in [5, 5.41) is 37.0. The van der Waals surface area contributed by atoms with Crippen molar-refractivity contribution in [3.05, 3.63) is 89.5 Å². The Bertz CT molecular complexity index is 2300. The van der Waals surface area contributed by atoms with Gasteiger partial charge in [-0.1, -0.05) is 101 Å². The molecule has 1 heterocycles. The summed E-state index contributed by atoms with van der Waals surface area (Å²) in [5.41, 5.74) is 1.60. The van der Waals surface area contributed by atoms with Crippen molar-refractivity contribution in [2.45, 2.75) is 130 Å². The van der Waals surface area contributed by atoms with E-state index in [4.69, 9.17) is 14.2 Å². The quantitative estimate of drug-likeness (QED) is 0.0625. The van der Waals surface area contributed by atoms with Crippen LogP contribution in [0, 0.1) is 17.8 Å². The van der Waals surface area contributed by atoms with Crippen molar-refractivity contribution in [3.8, 4) is 5.75 Å². The molecule has 1 fully saturated rings. The maximum Gasteiger partial charge on any atom is 0.332 e. The molecule has 0 aromatic heterocycles. The maximum atomic E-state index is 15.0. The molecule has 400 valence electrons. The molecule has 7 amide bonds. The number of hydrogen-bond donors (Lipinski definition) is 8. The number of rotatable bonds is 17. The van der Waals surface area contributed by atoms with E-state index in [0.717, 1.165) is 10.5 Å². The van der Waals surface area contributed by atoms with Gasteiger partial charge in [-0.15, -0.1) is 0 Å². The summed E-state index contributed by atoms with van der Waals surface area (Å²) >= 11 is 0. The van der Waals surface area contributed by atoms with Crippen molar-refractivity contribution in [3.63, 3.8) is 0 Å². The molecule has 8 N–H and O–H groups in total. The maximum absolute atomic E-state index is 15.0. The first-order chi connectivity index (χ1) is 34.4. The number of nitrogens with zero attached hydrogens (tertiary/aromatic N) is 1. The van der Waals surface area contributed by atoms with Crippen molar-refractivity contribution in [1.29, 1.82) is 0 Å². The Morgan fingerprint density at radius 1 is 0.836 bits per heavy atom. The van der Waals surface area contributed by atoms with Crippen LogP contribution in [0.3, 0.4) is 0 Å². The zero-order chi connectivity index (χ0) is 54.7. The van der Waals surface area contributed by atoms with Gasteiger partial charge in [-0.05, 0) is 62.8 Å². The fourth-order valence-corrected chi connectivity index (χ4v) is 7.44. The molecule has 11 atom stereocenters. The van der Waals surface area contributed by atoms with Crippen LogP contribution in [-0.4, -0.2) is 144 Å². The Hall–Kier alpha value is -7.13. The zero-order valence-electron chi connectivity index (χ0n) is 43.4. The van der Waals surface area contributed by atoms with Gasteiger partial charge in [-0.25, -0.2) is 4.79 Å². The van der Waals surface area contributed by atoms with Crippen LogP contribution in [0.15, 0.2) is 78.4 Å². The lowest BCUT2D eigenvalue weighted by molar-refractivity contribution is -0.160. The molecule has 0 aliphatic carbocycles. The van der Waals surface area contributed by atoms with Gasteiger partial charge < -0.3 is 61.2 Å². The van der Waals surface area contributed by atoms with E-state index in [-0.39, 0.29) is 12.0 Å². The number of amides is 7. The fourth-order valence-electron chi connectivity index (χ4n) is 7.44. The van der Waals surface area contributed by atoms with Crippen molar-refractivity contribution in [1.82, 2.24) is 36.8 Å². The van der Waals surface area contributed by atoms with E-state index in [1.165, 1.54) is 59.2 Å². The molecule has 3 rings (SSSR count). The summed E-state index contributed by atoms with van der Waals surface area (Å²) < 4.78 is 16.4. The second-order valence-electron chi connectivity index (χ2n) is 18.4. The Morgan fingerprint density at radius 3 is 2.03 bits per heavy atom. The SMILES string of the molecule is C/C=C(C)/C=C/C(=O)NCC(=O)OCC1NC(=O)[C@@H]([C@@H](C)O)NC(=O)[C@H](Cc2ccccc2)N(C)C(=O)C(c2ccc(OC)cc2)NC(=O)[C@@H]([C@@H](C)CC)NC(=O)C(NC(=O)[C@H](C)[C@H](O)C(C)C)C(C)OC1=O. The second-order valence-corrected chi connectivity index (χ2v) is 18.4. The number of carbonyl (C=O) groups is 9. The number of benzene rings is 2. The summed E-state index contributed by atoms with van der Waals surface area (Å²) in [6, 6.07) is 4.84. The molecule has 0 spiro atoms. The molecule has 73 heavy (non-hydrogen) atoms. The molecule has 0 saturated carbocycles. The Morgan fingerprint density at radius 2 is 1.45 bits per heavy atom. The van der Waals surface area contributed by atoms with Crippen LogP contribution >= 0.6 is 0 Å². The summed E-state index contributed by atoms with van der Waals surface area (Å²) in [6.45, 7) is 12.5. The third-order valence-corrected chi connectivity index (χ3v) is 12.6. The summed E-state index contributed by atoms with van der Waals surface area (Å²) in [4.78, 5) is 127. The molecule has 21 heteroatoms. The number of likely N-dealkylation sites (N-methyl/N-ethyl adjacent to an activating group) is 1. The van der Waals surface area contributed by atoms with E-state index in [2.05, 4.69) is 31.9 Å². The average Bonchev–Trinajstić information content (AvgIpc) is 3.37. The normalized spacial score (nSPS) is 23.7. The molecule has 4 unspecified atom stereocenters. The summed E-state index contributed by atoms with van der Waals surface area (Å²) in [6.07, 6.45) is 0.135. The number of hydrogen-bond acceptors (Lipinski definition) is 14. The lowest BCUT2D eigenvalue weighted by Crippen LogP contribution is -2.61. The van der Waals surface area contributed by atoms with E-state index >= 15 is 0 Å². The molecule has 1 aliphatic rings. The second kappa shape index (κ2) is 28.8. The van der Waals surface area contributed by atoms with Crippen molar-refractivity contribution in [2.24, 2.45) is 17.8 Å². The smallest absolute Gasteiger partial charge is 0.332 e. The van der Waals surface area contributed by atoms with Crippen LogP contribution in [0.25, 0.3) is 0 Å². The van der Waals surface area contributed by atoms with E-state index in [1.54, 1.807) is 90.1 Å². The van der Waals surface area contributed by atoms with Gasteiger partial charge in [0.25, 0.3) is 0 Å². The van der Waals surface area contributed by atoms with E-state index < -0.39 is 139 Å². The number of nitrogens with one attached hydrogen (secondary N) is 6. The number of aliphatic hydroxyl groups excluding tert-OH is 2. The van der Waals surface area contributed by atoms with Crippen molar-refractivity contribution in [2.75, 3.05) is 27.3 Å². The number of esters is 2. The first-order valence-corrected chi connectivity index (χ1v) is 24.2. The third kappa shape index (κ3) is 17.8. The van der Waals surface area contributed by atoms with Gasteiger partial charge in [0.2, 0.25) is 41.4 Å². The highest BCUT2D eigenvalue weighted by atomic mass is 16.6. The minimum atomic E-state index is -1.93. The van der Waals surface area contributed by atoms with Gasteiger partial charge in [0, 0.05) is 19.5 Å². The van der Waals surface area contributed by atoms with Gasteiger partial charge in [0.1, 0.15) is 55.2 Å². The Labute approximate surface area is 426 Å². The number of methoxy groups -OCH3 is 1. The molecule has 1 saturated heterocycles. The molecule has 2 aromatic carbocycles. The average molecular weight is 1020 g/mol. The van der Waals surface area contributed by atoms with E-state index in [9.17, 15) is 53.4 Å². The van der Waals surface area contributed by atoms with Gasteiger partial charge in [0.15, 0.2) is 6.04 Å². The van der Waals surface area contributed by atoms with Crippen LogP contribution in [0.1, 0.15) is 85.9 Å². The first-order valence-electron chi connectivity index (χ1n) is 24.2. The van der Waals surface area contributed by atoms with Gasteiger partial charge in [0.05, 0.1) is 25.2 Å². The van der Waals surface area contributed by atoms with Gasteiger partial charge in [-0.2, -0.15) is 0 Å². The van der Waals surface area contributed by atoms with E-state index in [0.29, 0.717) is 17.7 Å². The van der Waals surface area contributed by atoms with Gasteiger partial charge >= 0.3 is 11.9 Å². The zero-order valence-corrected chi connectivity index (χ0v) is 43.4. The highest BCUT2D eigenvalue weighted by molar-refractivity contribution is 5.98. The van der Waals surface area contributed by atoms with Crippen LogP contribution in [0.2, 0.25) is 0 Å². The third-order valence-electron chi connectivity index (χ3n) is 12.6. The molecule has 0 radical (unpaired) electrons. The fraction of sp³-hybridized carbons (Fsp3) is 0.519. The molecule has 1 aliphatic heterocycles. The molecular weight excluding hydrogens is 947 g/mol. The molecule has 21 nitrogen and oxygen atoms in total. The summed E-state index contributed by atoms with van der Waals surface area (Å²) in [7, 11) is 2.76. The number of cyclic esters (lactones) is 1. The molecule has 0 bridgehead atoms. The molecule has 2 aromatic rings. The highest BCUT2D eigenvalue weighted by Crippen LogP contribution is 2.23.